The predicted molar refractivity (Wildman–Crippen MR) is 60.0 cm³/mol. The van der Waals surface area contributed by atoms with E-state index in [-0.39, 0.29) is 0 Å². The highest BCUT2D eigenvalue weighted by atomic mass is 15.2. The van der Waals surface area contributed by atoms with Gasteiger partial charge in [0.25, 0.3) is 0 Å². The van der Waals surface area contributed by atoms with Crippen LogP contribution in [0.4, 0.5) is 5.69 Å². The zero-order chi connectivity index (χ0) is 9.97. The molecule has 1 fully saturated rings. The molecule has 1 aromatic rings. The molecule has 1 aliphatic heterocycles. The third kappa shape index (κ3) is 1.90. The lowest BCUT2D eigenvalue weighted by Crippen LogP contribution is -2.40. The maximum Gasteiger partial charge on any atom is 0.0397 e. The van der Waals surface area contributed by atoms with Gasteiger partial charge in [-0.25, -0.2) is 5.32 Å². The third-order valence-corrected chi connectivity index (χ3v) is 2.75. The fraction of sp³-hybridized carbons (Fsp3) is 0.500. The first-order valence-corrected chi connectivity index (χ1v) is 5.23. The smallest absolute Gasteiger partial charge is 0.0397 e. The van der Waals surface area contributed by atoms with Crippen molar-refractivity contribution in [2.45, 2.75) is 13.8 Å². The van der Waals surface area contributed by atoms with Gasteiger partial charge >= 0.3 is 0 Å². The van der Waals surface area contributed by atoms with Gasteiger partial charge in [-0.1, -0.05) is 17.7 Å². The molecule has 75 valence electrons. The van der Waals surface area contributed by atoms with Crippen molar-refractivity contribution in [3.63, 3.8) is 0 Å². The van der Waals surface area contributed by atoms with E-state index in [1.54, 1.807) is 0 Å². The number of hydrogen-bond donors (Lipinski definition) is 0. The number of rotatable bonds is 1. The van der Waals surface area contributed by atoms with Crippen LogP contribution in [0.1, 0.15) is 11.1 Å². The summed E-state index contributed by atoms with van der Waals surface area (Å²) in [6.45, 7) is 8.44. The molecule has 0 N–H and O–H groups in total. The van der Waals surface area contributed by atoms with Crippen molar-refractivity contribution in [3.8, 4) is 0 Å². The second kappa shape index (κ2) is 4.01. The molecule has 1 heterocycles. The molecule has 0 saturated carbocycles. The summed E-state index contributed by atoms with van der Waals surface area (Å²) >= 11 is 0. The molecule has 1 aliphatic rings. The Morgan fingerprint density at radius 3 is 2.50 bits per heavy atom. The predicted octanol–water partition coefficient (Wildman–Crippen LogP) is 1.73. The van der Waals surface area contributed by atoms with Crippen molar-refractivity contribution < 1.29 is 0 Å². The van der Waals surface area contributed by atoms with Crippen LogP contribution in [0.5, 0.6) is 0 Å². The third-order valence-electron chi connectivity index (χ3n) is 2.75. The van der Waals surface area contributed by atoms with E-state index in [9.17, 15) is 0 Å². The van der Waals surface area contributed by atoms with E-state index >= 15 is 0 Å². The molecular formula is C12H17N2. The Hall–Kier alpha value is -1.02. The zero-order valence-electron chi connectivity index (χ0n) is 8.95. The van der Waals surface area contributed by atoms with Gasteiger partial charge in [0.1, 0.15) is 0 Å². The lowest BCUT2D eigenvalue weighted by molar-refractivity contribution is 0.578. The Morgan fingerprint density at radius 2 is 1.86 bits per heavy atom. The molecule has 2 rings (SSSR count). The Balaban J connectivity index is 2.22. The van der Waals surface area contributed by atoms with Gasteiger partial charge in [0, 0.05) is 31.9 Å². The summed E-state index contributed by atoms with van der Waals surface area (Å²) in [5.74, 6) is 0. The first-order valence-electron chi connectivity index (χ1n) is 5.23. The number of benzene rings is 1. The first-order chi connectivity index (χ1) is 6.77. The summed E-state index contributed by atoms with van der Waals surface area (Å²) in [6, 6.07) is 6.67. The van der Waals surface area contributed by atoms with Crippen LogP contribution in [0.3, 0.4) is 0 Å². The van der Waals surface area contributed by atoms with Crippen LogP contribution >= 0.6 is 0 Å². The molecule has 0 atom stereocenters. The summed E-state index contributed by atoms with van der Waals surface area (Å²) in [6.07, 6.45) is 0. The first kappa shape index (κ1) is 9.53. The molecule has 2 nitrogen and oxygen atoms in total. The molecular weight excluding hydrogens is 172 g/mol. The van der Waals surface area contributed by atoms with Gasteiger partial charge in [-0.05, 0) is 25.5 Å². The van der Waals surface area contributed by atoms with Crippen LogP contribution in [0.25, 0.3) is 0 Å². The van der Waals surface area contributed by atoms with Crippen LogP contribution < -0.4 is 10.2 Å². The zero-order valence-corrected chi connectivity index (χ0v) is 8.95. The molecule has 0 aromatic heterocycles. The fourth-order valence-corrected chi connectivity index (χ4v) is 2.01. The van der Waals surface area contributed by atoms with E-state index in [0.29, 0.717) is 0 Å². The summed E-state index contributed by atoms with van der Waals surface area (Å²) in [5.41, 5.74) is 4.10. The molecule has 0 amide bonds. The van der Waals surface area contributed by atoms with Crippen molar-refractivity contribution >= 4 is 5.69 Å². The quantitative estimate of drug-likeness (QED) is 0.657. The Labute approximate surface area is 85.9 Å². The van der Waals surface area contributed by atoms with Crippen LogP contribution in [-0.2, 0) is 0 Å². The molecule has 0 spiro atoms. The molecule has 0 bridgehead atoms. The average molecular weight is 189 g/mol. The number of anilines is 1. The highest BCUT2D eigenvalue weighted by Gasteiger charge is 2.12. The highest BCUT2D eigenvalue weighted by Crippen LogP contribution is 2.21. The van der Waals surface area contributed by atoms with Gasteiger partial charge in [0.2, 0.25) is 0 Å². The normalized spacial score (nSPS) is 17.1. The summed E-state index contributed by atoms with van der Waals surface area (Å²) in [5, 5.41) is 4.36. The van der Waals surface area contributed by atoms with E-state index in [1.807, 2.05) is 0 Å². The molecule has 0 aliphatic carbocycles. The number of hydrogen-bond acceptors (Lipinski definition) is 1. The molecule has 0 unspecified atom stereocenters. The van der Waals surface area contributed by atoms with Gasteiger partial charge in [-0.15, -0.1) is 0 Å². The van der Waals surface area contributed by atoms with Gasteiger partial charge in [0.15, 0.2) is 0 Å². The van der Waals surface area contributed by atoms with Crippen LogP contribution in [0, 0.1) is 13.8 Å². The minimum absolute atomic E-state index is 0.979. The largest absolute Gasteiger partial charge is 0.369 e. The van der Waals surface area contributed by atoms with Gasteiger partial charge in [-0.3, -0.25) is 0 Å². The summed E-state index contributed by atoms with van der Waals surface area (Å²) < 4.78 is 0. The van der Waals surface area contributed by atoms with Crippen LogP contribution in [0.15, 0.2) is 18.2 Å². The molecule has 1 aromatic carbocycles. The lowest BCUT2D eigenvalue weighted by atomic mass is 10.1. The topological polar surface area (TPSA) is 17.3 Å². The Kier molecular flexibility index (Phi) is 2.73. The van der Waals surface area contributed by atoms with E-state index in [1.165, 1.54) is 16.8 Å². The van der Waals surface area contributed by atoms with Gasteiger partial charge in [0.05, 0.1) is 0 Å². The maximum absolute atomic E-state index is 4.36. The number of piperazine rings is 1. The summed E-state index contributed by atoms with van der Waals surface area (Å²) in [4.78, 5) is 2.43. The average Bonchev–Trinajstić information content (AvgIpc) is 2.19. The van der Waals surface area contributed by atoms with Gasteiger partial charge in [-0.2, -0.15) is 0 Å². The van der Waals surface area contributed by atoms with Crippen molar-refractivity contribution in [2.75, 3.05) is 31.1 Å². The SMILES string of the molecule is Cc1ccc(N2CC[N]CC2)c(C)c1. The van der Waals surface area contributed by atoms with Crippen molar-refractivity contribution in [2.24, 2.45) is 0 Å². The van der Waals surface area contributed by atoms with E-state index in [0.717, 1.165) is 26.2 Å². The van der Waals surface area contributed by atoms with E-state index in [2.05, 4.69) is 42.3 Å². The van der Waals surface area contributed by atoms with Crippen molar-refractivity contribution in [1.29, 1.82) is 0 Å². The molecule has 1 saturated heterocycles. The van der Waals surface area contributed by atoms with Gasteiger partial charge < -0.3 is 4.90 Å². The number of nitrogens with zero attached hydrogens (tertiary/aromatic N) is 2. The van der Waals surface area contributed by atoms with Crippen LogP contribution in [0.2, 0.25) is 0 Å². The standard InChI is InChI=1S/C12H17N2/c1-10-3-4-12(11(2)9-10)14-7-5-13-6-8-14/h3-4,9H,5-8H2,1-2H3. The Bertz CT molecular complexity index is 314. The lowest BCUT2D eigenvalue weighted by Gasteiger charge is -2.30. The van der Waals surface area contributed by atoms with Crippen molar-refractivity contribution in [3.05, 3.63) is 29.3 Å². The second-order valence-corrected chi connectivity index (χ2v) is 3.95. The van der Waals surface area contributed by atoms with Crippen LogP contribution in [-0.4, -0.2) is 26.2 Å². The monoisotopic (exact) mass is 189 g/mol. The minimum atomic E-state index is 0.979. The summed E-state index contributed by atoms with van der Waals surface area (Å²) in [7, 11) is 0. The second-order valence-electron chi connectivity index (χ2n) is 3.95. The molecule has 14 heavy (non-hydrogen) atoms. The highest BCUT2D eigenvalue weighted by molar-refractivity contribution is 5.54. The fourth-order valence-electron chi connectivity index (χ4n) is 2.01. The minimum Gasteiger partial charge on any atom is -0.369 e. The number of aryl methyl sites for hydroxylation is 2. The van der Waals surface area contributed by atoms with Crippen molar-refractivity contribution in [1.82, 2.24) is 5.32 Å². The Morgan fingerprint density at radius 1 is 1.14 bits per heavy atom. The molecule has 2 heteroatoms. The molecule has 1 radical (unpaired) electrons. The van der Waals surface area contributed by atoms with E-state index in [4.69, 9.17) is 0 Å². The van der Waals surface area contributed by atoms with E-state index < -0.39 is 0 Å². The maximum atomic E-state index is 4.36.